The fraction of sp³-hybridized carbons (Fsp3) is 0.313. The summed E-state index contributed by atoms with van der Waals surface area (Å²) in [6, 6.07) is 55.5. The van der Waals surface area contributed by atoms with Gasteiger partial charge >= 0.3 is 0 Å². The summed E-state index contributed by atoms with van der Waals surface area (Å²) in [7, 11) is 0. The molecule has 8 aromatic carbocycles. The van der Waals surface area contributed by atoms with Crippen LogP contribution in [0.25, 0.3) is 10.8 Å². The molecule has 2 saturated carbocycles. The van der Waals surface area contributed by atoms with Gasteiger partial charge in [0.05, 0.1) is 0 Å². The van der Waals surface area contributed by atoms with E-state index in [1.807, 2.05) is 42.5 Å². The third-order valence-corrected chi connectivity index (χ3v) is 15.7. The van der Waals surface area contributed by atoms with Crippen molar-refractivity contribution in [2.24, 2.45) is 5.92 Å². The normalized spacial score (nSPS) is 17.1. The Hall–Kier alpha value is -7.78. The molecule has 9 heteroatoms. The zero-order valence-corrected chi connectivity index (χ0v) is 45.0. The van der Waals surface area contributed by atoms with Crippen LogP contribution in [0.15, 0.2) is 164 Å². The summed E-state index contributed by atoms with van der Waals surface area (Å²) < 4.78 is 17.7. The van der Waals surface area contributed by atoms with E-state index < -0.39 is 0 Å². The number of fused-ring (bicyclic) bond motifs is 1. The first-order valence-electron chi connectivity index (χ1n) is 27.5. The van der Waals surface area contributed by atoms with Crippen molar-refractivity contribution in [3.8, 4) is 17.2 Å². The van der Waals surface area contributed by atoms with Gasteiger partial charge in [0.25, 0.3) is 0 Å². The molecular formula is C67H80N6O3. The topological polar surface area (TPSA) is 184 Å². The first-order chi connectivity index (χ1) is 36.9. The van der Waals surface area contributed by atoms with Crippen molar-refractivity contribution >= 4 is 44.9 Å². The molecule has 0 aliphatic heterocycles. The van der Waals surface area contributed by atoms with Gasteiger partial charge in [-0.15, -0.1) is 0 Å². The zero-order valence-electron chi connectivity index (χ0n) is 45.0. The molecule has 9 nitrogen and oxygen atoms in total. The summed E-state index contributed by atoms with van der Waals surface area (Å²) in [6.45, 7) is 7.97. The number of rotatable bonds is 15. The number of hydrogen-bond donors (Lipinski definition) is 6. The highest BCUT2D eigenvalue weighted by Crippen LogP contribution is 2.41. The van der Waals surface area contributed by atoms with Crippen LogP contribution in [0, 0.1) is 5.92 Å². The second-order valence-electron chi connectivity index (χ2n) is 20.8. The van der Waals surface area contributed by atoms with E-state index in [-0.39, 0.29) is 0 Å². The molecule has 0 amide bonds. The predicted octanol–water partition coefficient (Wildman–Crippen LogP) is 15.7. The molecule has 0 unspecified atom stereocenters. The van der Waals surface area contributed by atoms with Gasteiger partial charge in [0.1, 0.15) is 37.1 Å². The number of hydrogen-bond acceptors (Lipinski definition) is 9. The van der Waals surface area contributed by atoms with Crippen LogP contribution in [-0.4, -0.2) is 0 Å². The highest BCUT2D eigenvalue weighted by molar-refractivity contribution is 5.84. The fourth-order valence-corrected chi connectivity index (χ4v) is 10.7. The van der Waals surface area contributed by atoms with Gasteiger partial charge < -0.3 is 48.6 Å². The summed E-state index contributed by atoms with van der Waals surface area (Å²) in [5.41, 5.74) is 49.5. The van der Waals surface area contributed by atoms with E-state index in [0.717, 1.165) is 52.7 Å². The Morgan fingerprint density at radius 1 is 0.342 bits per heavy atom. The van der Waals surface area contributed by atoms with E-state index in [1.165, 1.54) is 96.4 Å². The third-order valence-electron chi connectivity index (χ3n) is 15.7. The maximum absolute atomic E-state index is 6.01. The Kier molecular flexibility index (Phi) is 19.1. The number of nitrogens with two attached hydrogens (primary N) is 6. The fourth-order valence-electron chi connectivity index (χ4n) is 10.7. The molecule has 0 bridgehead atoms. The summed E-state index contributed by atoms with van der Waals surface area (Å²) >= 11 is 0. The summed E-state index contributed by atoms with van der Waals surface area (Å²) in [6.07, 6.45) is 13.9. The lowest BCUT2D eigenvalue weighted by molar-refractivity contribution is 0.305. The average molecular weight is 1020 g/mol. The highest BCUT2D eigenvalue weighted by Gasteiger charge is 2.24. The van der Waals surface area contributed by atoms with Crippen molar-refractivity contribution in [2.45, 2.75) is 129 Å². The molecule has 0 saturated heterocycles. The number of ether oxygens (including phenoxy) is 3. The average Bonchev–Trinajstić information content (AvgIpc) is 3.46. The van der Waals surface area contributed by atoms with Crippen LogP contribution in [0.4, 0.5) is 34.1 Å². The number of anilines is 6. The Bertz CT molecular complexity index is 3090. The molecule has 76 heavy (non-hydrogen) atoms. The Balaban J connectivity index is 0.000000153. The lowest BCUT2D eigenvalue weighted by atomic mass is 9.76. The largest absolute Gasteiger partial charge is 0.489 e. The molecule has 0 aromatic heterocycles. The van der Waals surface area contributed by atoms with Crippen LogP contribution in [0.1, 0.15) is 141 Å². The molecule has 0 atom stereocenters. The maximum atomic E-state index is 6.01. The second-order valence-corrected chi connectivity index (χ2v) is 20.8. The van der Waals surface area contributed by atoms with Gasteiger partial charge in [-0.05, 0) is 217 Å². The molecule has 10 rings (SSSR count). The predicted molar refractivity (Wildman–Crippen MR) is 320 cm³/mol. The Labute approximate surface area is 451 Å². The summed E-state index contributed by atoms with van der Waals surface area (Å²) in [5, 5.41) is 2.41. The van der Waals surface area contributed by atoms with Crippen molar-refractivity contribution in [3.05, 3.63) is 208 Å². The third kappa shape index (κ3) is 15.2. The van der Waals surface area contributed by atoms with Gasteiger partial charge in [0, 0.05) is 50.8 Å². The highest BCUT2D eigenvalue weighted by atomic mass is 16.5. The van der Waals surface area contributed by atoms with Crippen LogP contribution in [0.2, 0.25) is 0 Å². The van der Waals surface area contributed by atoms with Gasteiger partial charge in [-0.2, -0.15) is 0 Å². The first kappa shape index (κ1) is 54.5. The van der Waals surface area contributed by atoms with Crippen molar-refractivity contribution < 1.29 is 14.2 Å². The van der Waals surface area contributed by atoms with Crippen LogP contribution in [0.5, 0.6) is 17.2 Å². The molecule has 2 aliphatic carbocycles. The van der Waals surface area contributed by atoms with Gasteiger partial charge in [-0.25, -0.2) is 0 Å². The van der Waals surface area contributed by atoms with E-state index in [0.29, 0.717) is 71.7 Å². The Morgan fingerprint density at radius 2 is 0.684 bits per heavy atom. The molecule has 396 valence electrons. The van der Waals surface area contributed by atoms with Crippen molar-refractivity contribution in [1.82, 2.24) is 0 Å². The minimum atomic E-state index is 0.412. The quantitative estimate of drug-likeness (QED) is 0.0544. The lowest BCUT2D eigenvalue weighted by Crippen LogP contribution is -2.12. The second kappa shape index (κ2) is 26.6. The maximum Gasteiger partial charge on any atom is 0.120 e. The first-order valence-corrected chi connectivity index (χ1v) is 27.5. The standard InChI is InChI=1S/C27H32N2O.C21H28N2O.C19H20N2O/c1-2-19-3-5-20(6-4-19)21-7-9-22(10-8-21)23-11-14-26(15-12-23)30-18-24-17-25(28)13-16-27(24)29;1-2-15-3-5-16(6-4-15)17-7-10-20(11-8-17)24-14-18-13-19(22)9-12-21(18)23;1-2-13-3-4-15-11-18(7-5-14(15)9-13)22-12-16-10-17(20)6-8-19(16)21/h3-6,11-17,21-22H,2,7-10,18,28-29H2,1H3;7-13,15-16H,2-6,14,22-23H2,1H3;3-11H,2,12,20-21H2,1H3. The SMILES string of the molecule is CCC1CCC(c2ccc(OCc3cc(N)ccc3N)cc2)CC1.CCc1ccc(C2CCC(c3ccc(OCc4cc(N)ccc4N)cc3)CC2)cc1.CCc1ccc2cc(OCc3cc(N)ccc3N)ccc2c1. The molecule has 0 spiro atoms. The van der Waals surface area contributed by atoms with Gasteiger partial charge in [0.15, 0.2) is 0 Å². The minimum Gasteiger partial charge on any atom is -0.489 e. The van der Waals surface area contributed by atoms with Crippen molar-refractivity contribution in [1.29, 1.82) is 0 Å². The van der Waals surface area contributed by atoms with Crippen LogP contribution in [0.3, 0.4) is 0 Å². The molecule has 0 radical (unpaired) electrons. The van der Waals surface area contributed by atoms with Gasteiger partial charge in [-0.3, -0.25) is 0 Å². The minimum absolute atomic E-state index is 0.412. The van der Waals surface area contributed by atoms with Crippen molar-refractivity contribution in [3.63, 3.8) is 0 Å². The van der Waals surface area contributed by atoms with Crippen molar-refractivity contribution in [2.75, 3.05) is 34.4 Å². The molecular weight excluding hydrogens is 937 g/mol. The van der Waals surface area contributed by atoms with E-state index in [9.17, 15) is 0 Å². The van der Waals surface area contributed by atoms with Gasteiger partial charge in [0.2, 0.25) is 0 Å². The summed E-state index contributed by atoms with van der Waals surface area (Å²) in [5.74, 6) is 5.58. The van der Waals surface area contributed by atoms with Crippen LogP contribution in [-0.2, 0) is 32.7 Å². The lowest BCUT2D eigenvalue weighted by Gasteiger charge is -2.29. The number of benzene rings is 8. The monoisotopic (exact) mass is 1020 g/mol. The molecule has 12 N–H and O–H groups in total. The molecule has 0 heterocycles. The van der Waals surface area contributed by atoms with Crippen LogP contribution >= 0.6 is 0 Å². The van der Waals surface area contributed by atoms with Gasteiger partial charge in [-0.1, -0.05) is 100.0 Å². The summed E-state index contributed by atoms with van der Waals surface area (Å²) in [4.78, 5) is 0. The number of nitrogen functional groups attached to an aromatic ring is 6. The van der Waals surface area contributed by atoms with Crippen LogP contribution < -0.4 is 48.6 Å². The van der Waals surface area contributed by atoms with E-state index >= 15 is 0 Å². The van der Waals surface area contributed by atoms with E-state index in [2.05, 4.69) is 124 Å². The zero-order chi connectivity index (χ0) is 53.4. The molecule has 8 aromatic rings. The van der Waals surface area contributed by atoms with E-state index in [4.69, 9.17) is 48.6 Å². The Morgan fingerprint density at radius 3 is 1.09 bits per heavy atom. The van der Waals surface area contributed by atoms with E-state index in [1.54, 1.807) is 18.2 Å². The molecule has 2 fully saturated rings. The number of aryl methyl sites for hydroxylation is 2. The smallest absolute Gasteiger partial charge is 0.120 e. The molecule has 2 aliphatic rings.